The van der Waals surface area contributed by atoms with E-state index in [1.807, 2.05) is 0 Å². The lowest BCUT2D eigenvalue weighted by atomic mass is 10.2. The number of methoxy groups -OCH3 is 1. The molecule has 0 atom stereocenters. The first-order valence-electron chi connectivity index (χ1n) is 5.47. The van der Waals surface area contributed by atoms with Crippen LogP contribution >= 0.6 is 0 Å². The van der Waals surface area contributed by atoms with Gasteiger partial charge < -0.3 is 10.1 Å². The first kappa shape index (κ1) is 12.3. The molecule has 0 amide bonds. The lowest BCUT2D eigenvalue weighted by Crippen LogP contribution is -2.08. The number of non-ortho nitro benzene ring substituents is 1. The van der Waals surface area contributed by atoms with E-state index in [2.05, 4.69) is 10.4 Å². The summed E-state index contributed by atoms with van der Waals surface area (Å²) < 4.78 is 6.63. The zero-order valence-corrected chi connectivity index (χ0v) is 10.2. The Bertz CT molecular complexity index is 579. The molecule has 1 aromatic heterocycles. The standard InChI is InChI=1S/C11H14N4O3/c1-14-10-4-3-8(15(16)17)7-9(10)11(13-14)12-5-6-18-2/h3-4,7H,5-6H2,1-2H3,(H,12,13). The van der Waals surface area contributed by atoms with Gasteiger partial charge in [0.25, 0.3) is 5.69 Å². The fourth-order valence-electron chi connectivity index (χ4n) is 1.77. The normalized spacial score (nSPS) is 10.8. The number of hydrogen-bond acceptors (Lipinski definition) is 5. The van der Waals surface area contributed by atoms with Crippen LogP contribution in [0.1, 0.15) is 0 Å². The molecule has 0 spiro atoms. The summed E-state index contributed by atoms with van der Waals surface area (Å²) in [6.07, 6.45) is 0. The van der Waals surface area contributed by atoms with E-state index < -0.39 is 4.92 Å². The molecule has 2 aromatic rings. The molecule has 1 heterocycles. The Morgan fingerprint density at radius 1 is 1.56 bits per heavy atom. The van der Waals surface area contributed by atoms with Crippen LogP contribution < -0.4 is 5.32 Å². The van der Waals surface area contributed by atoms with Gasteiger partial charge in [-0.2, -0.15) is 5.10 Å². The third kappa shape index (κ3) is 2.25. The van der Waals surface area contributed by atoms with Crippen molar-refractivity contribution in [1.29, 1.82) is 0 Å². The fourth-order valence-corrected chi connectivity index (χ4v) is 1.77. The molecule has 0 bridgehead atoms. The fraction of sp³-hybridized carbons (Fsp3) is 0.364. The van der Waals surface area contributed by atoms with Crippen molar-refractivity contribution in [2.75, 3.05) is 25.6 Å². The molecule has 7 nitrogen and oxygen atoms in total. The maximum atomic E-state index is 10.8. The van der Waals surface area contributed by atoms with Crippen LogP contribution in [0.5, 0.6) is 0 Å². The SMILES string of the molecule is COCCNc1nn(C)c2ccc([N+](=O)[O-])cc12. The van der Waals surface area contributed by atoms with Crippen molar-refractivity contribution in [3.05, 3.63) is 28.3 Å². The lowest BCUT2D eigenvalue weighted by Gasteiger charge is -2.01. The predicted molar refractivity (Wildman–Crippen MR) is 67.7 cm³/mol. The second-order valence-electron chi connectivity index (χ2n) is 3.85. The van der Waals surface area contributed by atoms with Crippen LogP contribution in [0.15, 0.2) is 18.2 Å². The van der Waals surface area contributed by atoms with Crippen LogP contribution in [-0.4, -0.2) is 35.0 Å². The first-order chi connectivity index (χ1) is 8.63. The Kier molecular flexibility index (Phi) is 3.42. The number of hydrogen-bond donors (Lipinski definition) is 1. The lowest BCUT2D eigenvalue weighted by molar-refractivity contribution is -0.384. The molecule has 0 fully saturated rings. The van der Waals surface area contributed by atoms with Crippen LogP contribution in [0.2, 0.25) is 0 Å². The van der Waals surface area contributed by atoms with E-state index in [1.165, 1.54) is 12.1 Å². The summed E-state index contributed by atoms with van der Waals surface area (Å²) in [6, 6.07) is 4.70. The third-order valence-electron chi connectivity index (χ3n) is 2.64. The van der Waals surface area contributed by atoms with Crippen LogP contribution in [-0.2, 0) is 11.8 Å². The molecule has 18 heavy (non-hydrogen) atoms. The van der Waals surface area contributed by atoms with E-state index in [0.717, 1.165) is 10.9 Å². The number of benzene rings is 1. The third-order valence-corrected chi connectivity index (χ3v) is 2.64. The highest BCUT2D eigenvalue weighted by Gasteiger charge is 2.13. The van der Waals surface area contributed by atoms with Gasteiger partial charge in [0.1, 0.15) is 0 Å². The maximum Gasteiger partial charge on any atom is 0.270 e. The van der Waals surface area contributed by atoms with Gasteiger partial charge in [0.2, 0.25) is 0 Å². The highest BCUT2D eigenvalue weighted by molar-refractivity contribution is 5.91. The Morgan fingerprint density at radius 2 is 2.33 bits per heavy atom. The number of nitrogens with one attached hydrogen (secondary N) is 1. The number of aromatic nitrogens is 2. The maximum absolute atomic E-state index is 10.8. The minimum absolute atomic E-state index is 0.0605. The predicted octanol–water partition coefficient (Wildman–Crippen LogP) is 1.54. The van der Waals surface area contributed by atoms with Gasteiger partial charge in [-0.05, 0) is 6.07 Å². The molecule has 1 N–H and O–H groups in total. The summed E-state index contributed by atoms with van der Waals surface area (Å²) in [4.78, 5) is 10.3. The highest BCUT2D eigenvalue weighted by atomic mass is 16.6. The summed E-state index contributed by atoms with van der Waals surface area (Å²) in [7, 11) is 3.42. The monoisotopic (exact) mass is 250 g/mol. The number of anilines is 1. The van der Waals surface area contributed by atoms with Gasteiger partial charge in [0.05, 0.1) is 22.4 Å². The Hall–Kier alpha value is -2.15. The summed E-state index contributed by atoms with van der Waals surface area (Å²) in [5, 5.41) is 18.9. The minimum Gasteiger partial charge on any atom is -0.383 e. The van der Waals surface area contributed by atoms with Crippen LogP contribution in [0.4, 0.5) is 11.5 Å². The summed E-state index contributed by atoms with van der Waals surface area (Å²) in [5.74, 6) is 0.633. The average Bonchev–Trinajstić information content (AvgIpc) is 2.66. The molecule has 0 aliphatic carbocycles. The number of ether oxygens (including phenoxy) is 1. The van der Waals surface area contributed by atoms with E-state index in [9.17, 15) is 10.1 Å². The second kappa shape index (κ2) is 5.01. The Balaban J connectivity index is 2.39. The smallest absolute Gasteiger partial charge is 0.270 e. The van der Waals surface area contributed by atoms with Gasteiger partial charge >= 0.3 is 0 Å². The summed E-state index contributed by atoms with van der Waals surface area (Å²) in [5.41, 5.74) is 0.908. The van der Waals surface area contributed by atoms with Crippen LogP contribution in [0.25, 0.3) is 10.9 Å². The van der Waals surface area contributed by atoms with Gasteiger partial charge in [-0.3, -0.25) is 14.8 Å². The number of aryl methyl sites for hydroxylation is 1. The molecule has 1 aromatic carbocycles. The molecular weight excluding hydrogens is 236 g/mol. The van der Waals surface area contributed by atoms with Gasteiger partial charge in [0, 0.05) is 32.8 Å². The second-order valence-corrected chi connectivity index (χ2v) is 3.85. The van der Waals surface area contributed by atoms with Crippen molar-refractivity contribution in [3.63, 3.8) is 0 Å². The molecular formula is C11H14N4O3. The number of rotatable bonds is 5. The van der Waals surface area contributed by atoms with E-state index in [1.54, 1.807) is 24.9 Å². The largest absolute Gasteiger partial charge is 0.383 e. The molecule has 0 saturated carbocycles. The molecule has 0 aliphatic heterocycles. The molecule has 0 saturated heterocycles. The van der Waals surface area contributed by atoms with Gasteiger partial charge in [-0.1, -0.05) is 0 Å². The number of nitrogens with zero attached hydrogens (tertiary/aromatic N) is 3. The van der Waals surface area contributed by atoms with Crippen molar-refractivity contribution in [2.45, 2.75) is 0 Å². The molecule has 0 aliphatic rings. The highest BCUT2D eigenvalue weighted by Crippen LogP contribution is 2.26. The number of nitro benzene ring substituents is 1. The molecule has 7 heteroatoms. The van der Waals surface area contributed by atoms with Crippen molar-refractivity contribution in [3.8, 4) is 0 Å². The molecule has 96 valence electrons. The molecule has 0 unspecified atom stereocenters. The quantitative estimate of drug-likeness (QED) is 0.494. The van der Waals surface area contributed by atoms with E-state index >= 15 is 0 Å². The zero-order chi connectivity index (χ0) is 13.1. The van der Waals surface area contributed by atoms with E-state index in [4.69, 9.17) is 4.74 Å². The first-order valence-corrected chi connectivity index (χ1v) is 5.47. The minimum atomic E-state index is -0.411. The Labute approximate surface area is 103 Å². The Morgan fingerprint density at radius 3 is 3.00 bits per heavy atom. The summed E-state index contributed by atoms with van der Waals surface area (Å²) >= 11 is 0. The zero-order valence-electron chi connectivity index (χ0n) is 10.2. The topological polar surface area (TPSA) is 82.2 Å². The van der Waals surface area contributed by atoms with Crippen molar-refractivity contribution in [1.82, 2.24) is 9.78 Å². The van der Waals surface area contributed by atoms with Gasteiger partial charge in [-0.25, -0.2) is 0 Å². The number of fused-ring (bicyclic) bond motifs is 1. The molecule has 0 radical (unpaired) electrons. The molecule has 2 rings (SSSR count). The average molecular weight is 250 g/mol. The van der Waals surface area contributed by atoms with E-state index in [-0.39, 0.29) is 5.69 Å². The van der Waals surface area contributed by atoms with Gasteiger partial charge in [-0.15, -0.1) is 0 Å². The van der Waals surface area contributed by atoms with Crippen LogP contribution in [0, 0.1) is 10.1 Å². The van der Waals surface area contributed by atoms with Crippen molar-refractivity contribution >= 4 is 22.4 Å². The summed E-state index contributed by atoms with van der Waals surface area (Å²) in [6.45, 7) is 1.15. The number of nitro groups is 1. The van der Waals surface area contributed by atoms with Gasteiger partial charge in [0.15, 0.2) is 5.82 Å². The van der Waals surface area contributed by atoms with Crippen molar-refractivity contribution in [2.24, 2.45) is 7.05 Å². The van der Waals surface area contributed by atoms with E-state index in [0.29, 0.717) is 19.0 Å². The van der Waals surface area contributed by atoms with Crippen LogP contribution in [0.3, 0.4) is 0 Å². The van der Waals surface area contributed by atoms with Crippen molar-refractivity contribution < 1.29 is 9.66 Å².